The molecule has 33 heavy (non-hydrogen) atoms. The monoisotopic (exact) mass is 438 g/mol. The summed E-state index contributed by atoms with van der Waals surface area (Å²) in [5.74, 6) is -0.761. The predicted octanol–water partition coefficient (Wildman–Crippen LogP) is 5.85. The summed E-state index contributed by atoms with van der Waals surface area (Å²) in [5.41, 5.74) is 5.86. The molecule has 0 N–H and O–H groups in total. The molecule has 0 amide bonds. The summed E-state index contributed by atoms with van der Waals surface area (Å²) in [6.45, 7) is 9.75. The zero-order valence-electron chi connectivity index (χ0n) is 19.1. The van der Waals surface area contributed by atoms with Gasteiger partial charge in [0.15, 0.2) is 6.61 Å². The second-order valence-electron chi connectivity index (χ2n) is 8.03. The largest absolute Gasteiger partial charge is 0.454 e. The Hall–Kier alpha value is -3.99. The third kappa shape index (κ3) is 4.22. The van der Waals surface area contributed by atoms with Crippen LogP contribution in [0.3, 0.4) is 0 Å². The number of aryl methyl sites for hydroxylation is 1. The van der Waals surface area contributed by atoms with Crippen molar-refractivity contribution >= 4 is 22.7 Å². The number of carbonyl (C=O) groups excluding carboxylic acids is 2. The van der Waals surface area contributed by atoms with Crippen molar-refractivity contribution in [3.05, 3.63) is 101 Å². The molecule has 0 bridgehead atoms. The van der Waals surface area contributed by atoms with E-state index in [2.05, 4.69) is 6.58 Å². The van der Waals surface area contributed by atoms with Gasteiger partial charge in [-0.15, -0.1) is 6.58 Å². The Morgan fingerprint density at radius 1 is 1.03 bits per heavy atom. The van der Waals surface area contributed by atoms with Crippen molar-refractivity contribution in [3.63, 3.8) is 0 Å². The molecule has 4 aromatic rings. The third-order valence-electron chi connectivity index (χ3n) is 5.91. The SMILES string of the molecule is C=CCn1c(C)cc(C(=O)COC(=O)c2c(C)c(-c3ccccc3)nc3ccccc23)c1C. The summed E-state index contributed by atoms with van der Waals surface area (Å²) >= 11 is 0. The molecule has 5 nitrogen and oxygen atoms in total. The number of hydrogen-bond acceptors (Lipinski definition) is 4. The number of benzene rings is 2. The van der Waals surface area contributed by atoms with Crippen LogP contribution in [0.1, 0.15) is 37.7 Å². The van der Waals surface area contributed by atoms with Crippen LogP contribution in [-0.2, 0) is 11.3 Å². The number of para-hydroxylation sites is 1. The van der Waals surface area contributed by atoms with Crippen LogP contribution in [-0.4, -0.2) is 27.9 Å². The first-order valence-electron chi connectivity index (χ1n) is 10.8. The molecule has 4 rings (SSSR count). The highest BCUT2D eigenvalue weighted by Gasteiger charge is 2.22. The molecule has 0 radical (unpaired) electrons. The van der Waals surface area contributed by atoms with Gasteiger partial charge >= 0.3 is 5.97 Å². The van der Waals surface area contributed by atoms with Gasteiger partial charge in [-0.2, -0.15) is 0 Å². The molecule has 0 unspecified atom stereocenters. The molecule has 166 valence electrons. The van der Waals surface area contributed by atoms with Crippen molar-refractivity contribution in [1.82, 2.24) is 9.55 Å². The lowest BCUT2D eigenvalue weighted by molar-refractivity contribution is 0.0475. The van der Waals surface area contributed by atoms with Crippen LogP contribution in [0, 0.1) is 20.8 Å². The van der Waals surface area contributed by atoms with Crippen molar-refractivity contribution in [2.75, 3.05) is 6.61 Å². The Morgan fingerprint density at radius 3 is 2.45 bits per heavy atom. The molecule has 0 fully saturated rings. The maximum atomic E-state index is 13.2. The summed E-state index contributed by atoms with van der Waals surface area (Å²) in [6, 6.07) is 19.0. The number of allylic oxidation sites excluding steroid dienone is 1. The van der Waals surface area contributed by atoms with Crippen molar-refractivity contribution in [2.24, 2.45) is 0 Å². The second kappa shape index (κ2) is 9.25. The van der Waals surface area contributed by atoms with Gasteiger partial charge in [-0.05, 0) is 38.5 Å². The molecule has 0 spiro atoms. The lowest BCUT2D eigenvalue weighted by Crippen LogP contribution is -2.16. The van der Waals surface area contributed by atoms with Crippen molar-refractivity contribution in [3.8, 4) is 11.3 Å². The van der Waals surface area contributed by atoms with E-state index in [1.165, 1.54) is 0 Å². The fraction of sp³-hybridized carbons (Fsp3) is 0.179. The first kappa shape index (κ1) is 22.2. The van der Waals surface area contributed by atoms with Crippen molar-refractivity contribution in [2.45, 2.75) is 27.3 Å². The quantitative estimate of drug-likeness (QED) is 0.206. The van der Waals surface area contributed by atoms with Gasteiger partial charge in [0, 0.05) is 34.4 Å². The Bertz CT molecular complexity index is 1370. The smallest absolute Gasteiger partial charge is 0.339 e. The molecule has 2 aromatic carbocycles. The number of pyridine rings is 1. The minimum atomic E-state index is -0.531. The number of carbonyl (C=O) groups is 2. The van der Waals surface area contributed by atoms with Crippen LogP contribution < -0.4 is 0 Å². The minimum absolute atomic E-state index is 0.231. The third-order valence-corrected chi connectivity index (χ3v) is 5.91. The van der Waals surface area contributed by atoms with Gasteiger partial charge < -0.3 is 9.30 Å². The first-order chi connectivity index (χ1) is 15.9. The molecule has 5 heteroatoms. The molecule has 0 aliphatic carbocycles. The maximum Gasteiger partial charge on any atom is 0.339 e. The van der Waals surface area contributed by atoms with E-state index in [1.807, 2.05) is 86.0 Å². The Kier molecular flexibility index (Phi) is 6.22. The zero-order chi connectivity index (χ0) is 23.5. The van der Waals surface area contributed by atoms with E-state index < -0.39 is 5.97 Å². The number of ketones is 1. The number of Topliss-reactive ketones (excluding diaryl/α,β-unsaturated/α-hetero) is 1. The van der Waals surface area contributed by atoms with E-state index in [1.54, 1.807) is 6.08 Å². The predicted molar refractivity (Wildman–Crippen MR) is 131 cm³/mol. The number of aromatic nitrogens is 2. The van der Waals surface area contributed by atoms with E-state index in [0.29, 0.717) is 28.6 Å². The first-order valence-corrected chi connectivity index (χ1v) is 10.8. The lowest BCUT2D eigenvalue weighted by atomic mass is 9.98. The number of esters is 1. The van der Waals surface area contributed by atoms with Crippen LogP contribution in [0.2, 0.25) is 0 Å². The van der Waals surface area contributed by atoms with Gasteiger partial charge in [-0.25, -0.2) is 9.78 Å². The molecular formula is C28H26N2O3. The van der Waals surface area contributed by atoms with E-state index in [0.717, 1.165) is 28.2 Å². The number of ether oxygens (including phenoxy) is 1. The summed E-state index contributed by atoms with van der Waals surface area (Å²) in [4.78, 5) is 30.9. The Morgan fingerprint density at radius 2 is 1.73 bits per heavy atom. The van der Waals surface area contributed by atoms with Crippen LogP contribution in [0.15, 0.2) is 73.3 Å². The zero-order valence-corrected chi connectivity index (χ0v) is 19.1. The van der Waals surface area contributed by atoms with E-state index in [-0.39, 0.29) is 12.4 Å². The van der Waals surface area contributed by atoms with Gasteiger partial charge in [0.2, 0.25) is 5.78 Å². The highest BCUT2D eigenvalue weighted by molar-refractivity contribution is 6.07. The second-order valence-corrected chi connectivity index (χ2v) is 8.03. The lowest BCUT2D eigenvalue weighted by Gasteiger charge is -2.14. The van der Waals surface area contributed by atoms with Crippen molar-refractivity contribution < 1.29 is 14.3 Å². The van der Waals surface area contributed by atoms with Gasteiger partial charge in [0.05, 0.1) is 16.8 Å². The molecule has 2 heterocycles. The number of rotatable bonds is 7. The summed E-state index contributed by atoms with van der Waals surface area (Å²) in [6.07, 6.45) is 1.79. The average molecular weight is 439 g/mol. The number of fused-ring (bicyclic) bond motifs is 1. The molecular weight excluding hydrogens is 412 g/mol. The minimum Gasteiger partial charge on any atom is -0.454 e. The summed E-state index contributed by atoms with van der Waals surface area (Å²) < 4.78 is 7.55. The van der Waals surface area contributed by atoms with E-state index >= 15 is 0 Å². The molecule has 2 aromatic heterocycles. The standard InChI is InChI=1S/C28H26N2O3/c1-5-15-30-18(2)16-23(20(30)4)25(31)17-33-28(32)26-19(3)27(21-11-7-6-8-12-21)29-24-14-10-9-13-22(24)26/h5-14,16H,1,15,17H2,2-4H3. The van der Waals surface area contributed by atoms with Crippen LogP contribution in [0.25, 0.3) is 22.2 Å². The Labute approximate surface area is 193 Å². The van der Waals surface area contributed by atoms with Crippen LogP contribution >= 0.6 is 0 Å². The molecule has 0 atom stereocenters. The number of nitrogens with zero attached hydrogens (tertiary/aromatic N) is 2. The van der Waals surface area contributed by atoms with E-state index in [9.17, 15) is 9.59 Å². The fourth-order valence-corrected chi connectivity index (χ4v) is 4.22. The highest BCUT2D eigenvalue weighted by atomic mass is 16.5. The fourth-order valence-electron chi connectivity index (χ4n) is 4.22. The van der Waals surface area contributed by atoms with Crippen LogP contribution in [0.5, 0.6) is 0 Å². The summed E-state index contributed by atoms with van der Waals surface area (Å²) in [7, 11) is 0. The average Bonchev–Trinajstić information content (AvgIpc) is 3.11. The van der Waals surface area contributed by atoms with Crippen molar-refractivity contribution in [1.29, 1.82) is 0 Å². The van der Waals surface area contributed by atoms with Gasteiger partial charge in [-0.1, -0.05) is 54.6 Å². The summed E-state index contributed by atoms with van der Waals surface area (Å²) in [5, 5.41) is 0.705. The van der Waals surface area contributed by atoms with E-state index in [4.69, 9.17) is 9.72 Å². The Balaban J connectivity index is 1.66. The molecule has 0 saturated carbocycles. The highest BCUT2D eigenvalue weighted by Crippen LogP contribution is 2.30. The topological polar surface area (TPSA) is 61.2 Å². The van der Waals surface area contributed by atoms with Gasteiger partial charge in [0.25, 0.3) is 0 Å². The number of hydrogen-bond donors (Lipinski definition) is 0. The molecule has 0 aliphatic rings. The van der Waals surface area contributed by atoms with Gasteiger partial charge in [-0.3, -0.25) is 4.79 Å². The normalized spacial score (nSPS) is 10.9. The molecule has 0 saturated heterocycles. The molecule has 0 aliphatic heterocycles. The van der Waals surface area contributed by atoms with Crippen LogP contribution in [0.4, 0.5) is 0 Å². The maximum absolute atomic E-state index is 13.2. The van der Waals surface area contributed by atoms with Gasteiger partial charge in [0.1, 0.15) is 0 Å².